The van der Waals surface area contributed by atoms with E-state index < -0.39 is 11.1 Å². The maximum absolute atomic E-state index is 12.4. The van der Waals surface area contributed by atoms with E-state index in [0.29, 0.717) is 22.5 Å². The molecule has 0 atom stereocenters. The van der Waals surface area contributed by atoms with E-state index in [-0.39, 0.29) is 25.4 Å². The Morgan fingerprint density at radius 2 is 1.72 bits per heavy atom. The van der Waals surface area contributed by atoms with Crippen LogP contribution in [0.15, 0.2) is 52.1 Å². The SMILES string of the molecule is COc1ccc(CNC(=O)CCn2c(=O)c(=O)n(C)c3ccccc32)c(OC)c1. The Kier molecular flexibility index (Phi) is 6.01. The largest absolute Gasteiger partial charge is 0.497 e. The first-order valence-corrected chi connectivity index (χ1v) is 9.12. The molecule has 0 unspecified atom stereocenters. The van der Waals surface area contributed by atoms with Crippen LogP contribution in [-0.4, -0.2) is 29.3 Å². The molecule has 0 saturated heterocycles. The van der Waals surface area contributed by atoms with Gasteiger partial charge in [0.15, 0.2) is 0 Å². The van der Waals surface area contributed by atoms with Crippen molar-refractivity contribution in [1.82, 2.24) is 14.5 Å². The number of hydrogen-bond donors (Lipinski definition) is 1. The zero-order chi connectivity index (χ0) is 21.0. The molecule has 1 amide bonds. The zero-order valence-electron chi connectivity index (χ0n) is 16.6. The van der Waals surface area contributed by atoms with Crippen LogP contribution in [0.2, 0.25) is 0 Å². The number of para-hydroxylation sites is 2. The first kappa shape index (κ1) is 20.2. The molecule has 0 bridgehead atoms. The maximum Gasteiger partial charge on any atom is 0.316 e. The molecule has 3 aromatic rings. The number of nitrogens with one attached hydrogen (secondary N) is 1. The van der Waals surface area contributed by atoms with Gasteiger partial charge in [-0.1, -0.05) is 12.1 Å². The van der Waals surface area contributed by atoms with Gasteiger partial charge in [0.05, 0.1) is 25.3 Å². The van der Waals surface area contributed by atoms with Crippen molar-refractivity contribution in [2.45, 2.75) is 19.5 Å². The Bertz CT molecular complexity index is 1160. The molecule has 0 aliphatic rings. The van der Waals surface area contributed by atoms with Crippen molar-refractivity contribution in [3.63, 3.8) is 0 Å². The van der Waals surface area contributed by atoms with Crippen LogP contribution >= 0.6 is 0 Å². The third-order valence-electron chi connectivity index (χ3n) is 4.80. The lowest BCUT2D eigenvalue weighted by molar-refractivity contribution is -0.121. The molecule has 0 radical (unpaired) electrons. The molecule has 0 saturated carbocycles. The van der Waals surface area contributed by atoms with Crippen LogP contribution in [-0.2, 0) is 24.9 Å². The van der Waals surface area contributed by atoms with E-state index in [1.54, 1.807) is 57.7 Å². The van der Waals surface area contributed by atoms with E-state index in [1.165, 1.54) is 9.13 Å². The van der Waals surface area contributed by atoms with Gasteiger partial charge in [-0.05, 0) is 24.3 Å². The van der Waals surface area contributed by atoms with Crippen molar-refractivity contribution in [2.24, 2.45) is 7.05 Å². The number of carbonyl (C=O) groups excluding carboxylic acids is 1. The predicted molar refractivity (Wildman–Crippen MR) is 109 cm³/mol. The summed E-state index contributed by atoms with van der Waals surface area (Å²) in [5.74, 6) is 1.03. The van der Waals surface area contributed by atoms with Gasteiger partial charge in [0.1, 0.15) is 11.5 Å². The molecule has 0 fully saturated rings. The predicted octanol–water partition coefficient (Wildman–Crippen LogP) is 1.42. The number of rotatable bonds is 7. The van der Waals surface area contributed by atoms with E-state index >= 15 is 0 Å². The Hall–Kier alpha value is -3.55. The average molecular weight is 397 g/mol. The van der Waals surface area contributed by atoms with E-state index in [0.717, 1.165) is 5.56 Å². The fourth-order valence-electron chi connectivity index (χ4n) is 3.17. The number of methoxy groups -OCH3 is 2. The van der Waals surface area contributed by atoms with Crippen LogP contribution in [0.1, 0.15) is 12.0 Å². The Morgan fingerprint density at radius 1 is 1.00 bits per heavy atom. The van der Waals surface area contributed by atoms with Gasteiger partial charge in [-0.2, -0.15) is 0 Å². The minimum absolute atomic E-state index is 0.0650. The van der Waals surface area contributed by atoms with Crippen molar-refractivity contribution in [3.8, 4) is 11.5 Å². The number of aromatic nitrogens is 2. The quantitative estimate of drug-likeness (QED) is 0.609. The molecule has 0 aliphatic heterocycles. The number of carbonyl (C=O) groups is 1. The lowest BCUT2D eigenvalue weighted by Gasteiger charge is -2.13. The summed E-state index contributed by atoms with van der Waals surface area (Å²) in [5.41, 5.74) is 0.797. The summed E-state index contributed by atoms with van der Waals surface area (Å²) >= 11 is 0. The Morgan fingerprint density at radius 3 is 2.41 bits per heavy atom. The minimum Gasteiger partial charge on any atom is -0.497 e. The standard InChI is InChI=1S/C21H23N3O5/c1-23-16-6-4-5-7-17(16)24(21(27)20(23)26)11-10-19(25)22-13-14-8-9-15(28-2)12-18(14)29-3/h4-9,12H,10-11,13H2,1-3H3,(H,22,25). The van der Waals surface area contributed by atoms with Gasteiger partial charge >= 0.3 is 11.1 Å². The third-order valence-corrected chi connectivity index (χ3v) is 4.80. The lowest BCUT2D eigenvalue weighted by atomic mass is 10.2. The van der Waals surface area contributed by atoms with Crippen LogP contribution in [0.5, 0.6) is 11.5 Å². The van der Waals surface area contributed by atoms with Gasteiger partial charge in [0.25, 0.3) is 0 Å². The highest BCUT2D eigenvalue weighted by atomic mass is 16.5. The first-order valence-electron chi connectivity index (χ1n) is 9.12. The van der Waals surface area contributed by atoms with Crippen molar-refractivity contribution >= 4 is 16.9 Å². The fourth-order valence-corrected chi connectivity index (χ4v) is 3.17. The van der Waals surface area contributed by atoms with Gasteiger partial charge in [0.2, 0.25) is 5.91 Å². The van der Waals surface area contributed by atoms with E-state index in [1.807, 2.05) is 6.07 Å². The number of hydrogen-bond acceptors (Lipinski definition) is 5. The highest BCUT2D eigenvalue weighted by molar-refractivity contribution is 5.77. The number of aryl methyl sites for hydroxylation is 2. The van der Waals surface area contributed by atoms with Gasteiger partial charge in [0, 0.05) is 38.2 Å². The minimum atomic E-state index is -0.643. The molecule has 2 aromatic carbocycles. The number of amides is 1. The summed E-state index contributed by atoms with van der Waals surface area (Å²) < 4.78 is 13.2. The molecule has 152 valence electrons. The summed E-state index contributed by atoms with van der Waals surface area (Å²) in [6, 6.07) is 12.5. The average Bonchev–Trinajstić information content (AvgIpc) is 2.75. The van der Waals surface area contributed by atoms with E-state index in [9.17, 15) is 14.4 Å². The van der Waals surface area contributed by atoms with Crippen molar-refractivity contribution in [1.29, 1.82) is 0 Å². The van der Waals surface area contributed by atoms with Gasteiger partial charge in [-0.3, -0.25) is 14.4 Å². The highest BCUT2D eigenvalue weighted by Crippen LogP contribution is 2.24. The highest BCUT2D eigenvalue weighted by Gasteiger charge is 2.12. The zero-order valence-corrected chi connectivity index (χ0v) is 16.6. The summed E-state index contributed by atoms with van der Waals surface area (Å²) in [5, 5.41) is 2.82. The van der Waals surface area contributed by atoms with E-state index in [4.69, 9.17) is 9.47 Å². The smallest absolute Gasteiger partial charge is 0.316 e. The second-order valence-corrected chi connectivity index (χ2v) is 6.51. The molecule has 8 nitrogen and oxygen atoms in total. The number of nitrogens with zero attached hydrogens (tertiary/aromatic N) is 2. The van der Waals surface area contributed by atoms with Gasteiger partial charge in [-0.25, -0.2) is 0 Å². The number of ether oxygens (including phenoxy) is 2. The van der Waals surface area contributed by atoms with Crippen LogP contribution in [0.4, 0.5) is 0 Å². The first-order chi connectivity index (χ1) is 14.0. The third kappa shape index (κ3) is 4.16. The molecule has 3 rings (SSSR count). The second-order valence-electron chi connectivity index (χ2n) is 6.51. The molecule has 0 aliphatic carbocycles. The van der Waals surface area contributed by atoms with Crippen LogP contribution in [0.3, 0.4) is 0 Å². The summed E-state index contributed by atoms with van der Waals surface area (Å²) in [6.07, 6.45) is 0.0650. The number of benzene rings is 2. The summed E-state index contributed by atoms with van der Waals surface area (Å²) in [4.78, 5) is 36.9. The molecule has 0 spiro atoms. The maximum atomic E-state index is 12.4. The lowest BCUT2D eigenvalue weighted by Crippen LogP contribution is -2.41. The van der Waals surface area contributed by atoms with E-state index in [2.05, 4.69) is 5.32 Å². The number of fused-ring (bicyclic) bond motifs is 1. The van der Waals surface area contributed by atoms with Crippen molar-refractivity contribution in [2.75, 3.05) is 14.2 Å². The van der Waals surface area contributed by atoms with Crippen LogP contribution < -0.4 is 25.9 Å². The molecule has 1 heterocycles. The fraction of sp³-hybridized carbons (Fsp3) is 0.286. The summed E-state index contributed by atoms with van der Waals surface area (Å²) in [6.45, 7) is 0.388. The Balaban J connectivity index is 1.72. The van der Waals surface area contributed by atoms with Crippen molar-refractivity contribution < 1.29 is 14.3 Å². The van der Waals surface area contributed by atoms with Crippen LogP contribution in [0, 0.1) is 0 Å². The van der Waals surface area contributed by atoms with Crippen molar-refractivity contribution in [3.05, 3.63) is 68.7 Å². The van der Waals surface area contributed by atoms with Gasteiger partial charge < -0.3 is 23.9 Å². The second kappa shape index (κ2) is 8.64. The molecule has 8 heteroatoms. The monoisotopic (exact) mass is 397 g/mol. The molecular formula is C21H23N3O5. The topological polar surface area (TPSA) is 91.6 Å². The Labute approximate surface area is 167 Å². The molecule has 1 N–H and O–H groups in total. The van der Waals surface area contributed by atoms with Crippen LogP contribution in [0.25, 0.3) is 11.0 Å². The molecular weight excluding hydrogens is 374 g/mol. The normalized spacial score (nSPS) is 10.7. The van der Waals surface area contributed by atoms with Gasteiger partial charge in [-0.15, -0.1) is 0 Å². The molecule has 29 heavy (non-hydrogen) atoms. The molecule has 1 aromatic heterocycles. The summed E-state index contributed by atoms with van der Waals surface area (Å²) in [7, 11) is 4.68.